The van der Waals surface area contributed by atoms with Crippen molar-refractivity contribution < 1.29 is 36.6 Å². The van der Waals surface area contributed by atoms with E-state index in [1.165, 1.54) is 12.1 Å². The minimum atomic E-state index is -5.10. The number of carbonyl (C=O) groups excluding carboxylic acids is 1. The first-order valence-corrected chi connectivity index (χ1v) is 7.82. The maximum atomic E-state index is 13.0. The Bertz CT molecular complexity index is 899. The number of amides is 1. The van der Waals surface area contributed by atoms with Crippen molar-refractivity contribution in [2.75, 3.05) is 0 Å². The fourth-order valence-corrected chi connectivity index (χ4v) is 2.53. The first-order valence-electron chi connectivity index (χ1n) is 7.44. The number of rotatable bonds is 4. The van der Waals surface area contributed by atoms with Gasteiger partial charge in [0.15, 0.2) is 5.76 Å². The Morgan fingerprint density at radius 3 is 2.78 bits per heavy atom. The SMILES string of the molecule is O=C(c1ccc(COc2ccc(F)cc2Cl)o1)N1N=CC[C@]1(O)C(F)(F)F. The lowest BCUT2D eigenvalue weighted by Gasteiger charge is -2.31. The Morgan fingerprint density at radius 2 is 2.11 bits per heavy atom. The van der Waals surface area contributed by atoms with Crippen LogP contribution in [0.3, 0.4) is 0 Å². The van der Waals surface area contributed by atoms with Crippen molar-refractivity contribution in [3.8, 4) is 5.75 Å². The molecule has 1 N–H and O–H groups in total. The van der Waals surface area contributed by atoms with Crippen LogP contribution in [0.15, 0.2) is 39.9 Å². The quantitative estimate of drug-likeness (QED) is 0.785. The Balaban J connectivity index is 1.72. The molecular weight excluding hydrogens is 396 g/mol. The monoisotopic (exact) mass is 406 g/mol. The summed E-state index contributed by atoms with van der Waals surface area (Å²) in [4.78, 5) is 12.2. The van der Waals surface area contributed by atoms with Gasteiger partial charge in [-0.2, -0.15) is 23.3 Å². The van der Waals surface area contributed by atoms with Crippen LogP contribution in [0.1, 0.15) is 22.7 Å². The van der Waals surface area contributed by atoms with Crippen molar-refractivity contribution in [2.24, 2.45) is 5.10 Å². The van der Waals surface area contributed by atoms with Gasteiger partial charge in [-0.1, -0.05) is 11.6 Å². The number of halogens is 5. The van der Waals surface area contributed by atoms with Gasteiger partial charge in [0.05, 0.1) is 5.02 Å². The highest BCUT2D eigenvalue weighted by Crippen LogP contribution is 2.39. The number of carbonyl (C=O) groups is 1. The summed E-state index contributed by atoms with van der Waals surface area (Å²) in [5.41, 5.74) is -3.44. The molecule has 6 nitrogen and oxygen atoms in total. The first-order chi connectivity index (χ1) is 12.6. The van der Waals surface area contributed by atoms with Gasteiger partial charge in [0.1, 0.15) is 23.9 Å². The molecule has 11 heteroatoms. The minimum absolute atomic E-state index is 0.0134. The van der Waals surface area contributed by atoms with Crippen LogP contribution >= 0.6 is 11.6 Å². The Labute approximate surface area is 154 Å². The van der Waals surface area contributed by atoms with Gasteiger partial charge < -0.3 is 14.3 Å². The standard InChI is InChI=1S/C16H11ClF4N2O4/c17-11-7-9(18)1-3-12(11)26-8-10-2-4-13(27-10)14(24)23-15(25,5-6-22-23)16(19,20)21/h1-4,6-7,25H,5,8H2/t15-/m0/s1. The van der Waals surface area contributed by atoms with Gasteiger partial charge >= 0.3 is 12.1 Å². The summed E-state index contributed by atoms with van der Waals surface area (Å²) in [5, 5.41) is 13.0. The smallest absolute Gasteiger partial charge is 0.438 e. The zero-order chi connectivity index (χ0) is 19.8. The van der Waals surface area contributed by atoms with Crippen LogP contribution in [0.25, 0.3) is 0 Å². The van der Waals surface area contributed by atoms with Gasteiger partial charge in [0.2, 0.25) is 0 Å². The van der Waals surface area contributed by atoms with Crippen molar-refractivity contribution >= 4 is 23.7 Å². The maximum Gasteiger partial charge on any atom is 0.438 e. The molecule has 0 unspecified atom stereocenters. The number of alkyl halides is 3. The molecule has 1 aliphatic rings. The second kappa shape index (κ2) is 6.86. The first kappa shape index (κ1) is 19.2. The highest BCUT2D eigenvalue weighted by molar-refractivity contribution is 6.32. The zero-order valence-corrected chi connectivity index (χ0v) is 14.1. The van der Waals surface area contributed by atoms with Gasteiger partial charge in [0, 0.05) is 12.6 Å². The van der Waals surface area contributed by atoms with E-state index in [2.05, 4.69) is 5.10 Å². The van der Waals surface area contributed by atoms with Gasteiger partial charge in [-0.25, -0.2) is 4.39 Å². The zero-order valence-electron chi connectivity index (χ0n) is 13.3. The van der Waals surface area contributed by atoms with E-state index in [-0.39, 0.29) is 28.1 Å². The van der Waals surface area contributed by atoms with E-state index in [1.54, 1.807) is 0 Å². The lowest BCUT2D eigenvalue weighted by molar-refractivity contribution is -0.297. The third-order valence-corrected chi connectivity index (χ3v) is 4.00. The lowest BCUT2D eigenvalue weighted by atomic mass is 10.1. The molecule has 0 radical (unpaired) electrons. The molecule has 1 aromatic heterocycles. The Kier molecular flexibility index (Phi) is 4.87. The second-order valence-corrected chi connectivity index (χ2v) is 5.97. The van der Waals surface area contributed by atoms with Crippen LogP contribution in [-0.4, -0.2) is 34.1 Å². The Hall–Kier alpha value is -2.59. The lowest BCUT2D eigenvalue weighted by Crippen LogP contribution is -2.56. The molecule has 1 aliphatic heterocycles. The molecule has 1 aromatic carbocycles. The molecule has 0 fully saturated rings. The van der Waals surface area contributed by atoms with Crippen LogP contribution in [0.4, 0.5) is 17.6 Å². The van der Waals surface area contributed by atoms with Crippen LogP contribution in [-0.2, 0) is 6.61 Å². The molecule has 0 aliphatic carbocycles. The van der Waals surface area contributed by atoms with Crippen molar-refractivity contribution in [1.29, 1.82) is 0 Å². The molecule has 1 atom stereocenters. The molecule has 2 heterocycles. The summed E-state index contributed by atoms with van der Waals surface area (Å²) in [6, 6.07) is 5.88. The van der Waals surface area contributed by atoms with E-state index in [0.29, 0.717) is 0 Å². The summed E-state index contributed by atoms with van der Waals surface area (Å²) in [6.45, 7) is -0.217. The molecule has 0 bridgehead atoms. The molecular formula is C16H11ClF4N2O4. The topological polar surface area (TPSA) is 75.3 Å². The van der Waals surface area contributed by atoms with Gasteiger partial charge in [-0.3, -0.25) is 4.79 Å². The van der Waals surface area contributed by atoms with Crippen molar-refractivity contribution in [2.45, 2.75) is 24.9 Å². The van der Waals surface area contributed by atoms with Crippen molar-refractivity contribution in [3.05, 3.63) is 52.7 Å². The van der Waals surface area contributed by atoms with Crippen molar-refractivity contribution in [3.63, 3.8) is 0 Å². The fraction of sp³-hybridized carbons (Fsp3) is 0.250. The predicted octanol–water partition coefficient (Wildman–Crippen LogP) is 3.73. The summed E-state index contributed by atoms with van der Waals surface area (Å²) in [6.07, 6.45) is -5.20. The summed E-state index contributed by atoms with van der Waals surface area (Å²) in [5.74, 6) is -2.05. The highest BCUT2D eigenvalue weighted by atomic mass is 35.5. The maximum absolute atomic E-state index is 13.0. The molecule has 1 amide bonds. The third-order valence-electron chi connectivity index (χ3n) is 3.71. The number of hydrogen-bond donors (Lipinski definition) is 1. The number of aliphatic hydroxyl groups is 1. The van der Waals surface area contributed by atoms with E-state index < -0.39 is 35.8 Å². The van der Waals surface area contributed by atoms with E-state index in [4.69, 9.17) is 20.8 Å². The van der Waals surface area contributed by atoms with Gasteiger partial charge in [0.25, 0.3) is 5.72 Å². The molecule has 3 rings (SSSR count). The number of benzene rings is 1. The summed E-state index contributed by atoms with van der Waals surface area (Å²) >= 11 is 5.81. The number of hydrogen-bond acceptors (Lipinski definition) is 5. The molecule has 0 saturated heterocycles. The largest absolute Gasteiger partial charge is 0.484 e. The molecule has 27 heavy (non-hydrogen) atoms. The van der Waals surface area contributed by atoms with Crippen molar-refractivity contribution in [1.82, 2.24) is 5.01 Å². The molecule has 144 valence electrons. The second-order valence-electron chi connectivity index (χ2n) is 5.56. The van der Waals surface area contributed by atoms with Crippen LogP contribution < -0.4 is 4.74 Å². The van der Waals surface area contributed by atoms with Crippen LogP contribution in [0.2, 0.25) is 5.02 Å². The van der Waals surface area contributed by atoms with Crippen LogP contribution in [0.5, 0.6) is 5.75 Å². The third kappa shape index (κ3) is 3.62. The van der Waals surface area contributed by atoms with E-state index in [1.807, 2.05) is 0 Å². The normalized spacial score (nSPS) is 19.6. The number of hydrazone groups is 1. The molecule has 2 aromatic rings. The van der Waals surface area contributed by atoms with E-state index in [0.717, 1.165) is 24.4 Å². The number of ether oxygens (including phenoxy) is 1. The van der Waals surface area contributed by atoms with Gasteiger partial charge in [-0.05, 0) is 30.3 Å². The molecule has 0 spiro atoms. The molecule has 0 saturated carbocycles. The highest BCUT2D eigenvalue weighted by Gasteiger charge is 2.61. The Morgan fingerprint density at radius 1 is 1.37 bits per heavy atom. The summed E-state index contributed by atoms with van der Waals surface area (Å²) < 4.78 is 62.6. The summed E-state index contributed by atoms with van der Waals surface area (Å²) in [7, 11) is 0. The predicted molar refractivity (Wildman–Crippen MR) is 84.7 cm³/mol. The average molecular weight is 407 g/mol. The fourth-order valence-electron chi connectivity index (χ4n) is 2.30. The van der Waals surface area contributed by atoms with E-state index in [9.17, 15) is 27.5 Å². The number of nitrogens with zero attached hydrogens (tertiary/aromatic N) is 2. The number of furan rings is 1. The minimum Gasteiger partial charge on any atom is -0.484 e. The van der Waals surface area contributed by atoms with Gasteiger partial charge in [-0.15, -0.1) is 0 Å². The van der Waals surface area contributed by atoms with Crippen LogP contribution in [0, 0.1) is 5.82 Å². The average Bonchev–Trinajstić information content (AvgIpc) is 3.20. The van der Waals surface area contributed by atoms with E-state index >= 15 is 0 Å².